The lowest BCUT2D eigenvalue weighted by molar-refractivity contribution is 0.581. The summed E-state index contributed by atoms with van der Waals surface area (Å²) >= 11 is 0. The standard InChI is InChI=1S/C14H23N3/c1-11(2)10-17(5)14-8-6-7-13(16-14)9-15-12(3)4/h6-8,12,15H,1,9-10H2,2-5H3. The number of anilines is 1. The topological polar surface area (TPSA) is 28.2 Å². The maximum atomic E-state index is 4.62. The van der Waals surface area contributed by atoms with Gasteiger partial charge >= 0.3 is 0 Å². The van der Waals surface area contributed by atoms with Crippen LogP contribution >= 0.6 is 0 Å². The van der Waals surface area contributed by atoms with Crippen molar-refractivity contribution in [2.24, 2.45) is 0 Å². The highest BCUT2D eigenvalue weighted by Gasteiger charge is 2.04. The Morgan fingerprint density at radius 1 is 1.47 bits per heavy atom. The largest absolute Gasteiger partial charge is 0.356 e. The maximum absolute atomic E-state index is 4.62. The average molecular weight is 233 g/mol. The van der Waals surface area contributed by atoms with Crippen molar-refractivity contribution in [1.82, 2.24) is 10.3 Å². The van der Waals surface area contributed by atoms with Gasteiger partial charge in [0.1, 0.15) is 5.82 Å². The second-order valence-electron chi connectivity index (χ2n) is 4.84. The van der Waals surface area contributed by atoms with Crippen LogP contribution in [0.1, 0.15) is 26.5 Å². The van der Waals surface area contributed by atoms with Gasteiger partial charge < -0.3 is 10.2 Å². The van der Waals surface area contributed by atoms with Gasteiger partial charge in [0, 0.05) is 26.2 Å². The minimum Gasteiger partial charge on any atom is -0.356 e. The Bertz CT molecular complexity index is 371. The Labute approximate surface area is 105 Å². The van der Waals surface area contributed by atoms with Crippen molar-refractivity contribution in [2.75, 3.05) is 18.5 Å². The van der Waals surface area contributed by atoms with Crippen LogP contribution in [0.4, 0.5) is 5.82 Å². The molecule has 0 aliphatic heterocycles. The summed E-state index contributed by atoms with van der Waals surface area (Å²) in [7, 11) is 2.04. The Balaban J connectivity index is 2.67. The first kappa shape index (κ1) is 13.7. The zero-order chi connectivity index (χ0) is 12.8. The van der Waals surface area contributed by atoms with Crippen LogP contribution in [0.3, 0.4) is 0 Å². The molecule has 0 aliphatic carbocycles. The molecule has 3 nitrogen and oxygen atoms in total. The van der Waals surface area contributed by atoms with E-state index in [1.54, 1.807) is 0 Å². The number of nitrogens with one attached hydrogen (secondary N) is 1. The molecule has 1 aromatic heterocycles. The van der Waals surface area contributed by atoms with Crippen LogP contribution in [0, 0.1) is 0 Å². The maximum Gasteiger partial charge on any atom is 0.128 e. The number of nitrogens with zero attached hydrogens (tertiary/aromatic N) is 2. The van der Waals surface area contributed by atoms with Crippen molar-refractivity contribution < 1.29 is 0 Å². The van der Waals surface area contributed by atoms with Gasteiger partial charge in [0.2, 0.25) is 0 Å². The summed E-state index contributed by atoms with van der Waals surface area (Å²) in [5.74, 6) is 0.996. The lowest BCUT2D eigenvalue weighted by Crippen LogP contribution is -2.24. The quantitative estimate of drug-likeness (QED) is 0.765. The molecular weight excluding hydrogens is 210 g/mol. The zero-order valence-corrected chi connectivity index (χ0v) is 11.3. The van der Waals surface area contributed by atoms with Gasteiger partial charge in [-0.1, -0.05) is 32.1 Å². The van der Waals surface area contributed by atoms with Crippen LogP contribution in [0.15, 0.2) is 30.4 Å². The number of likely N-dealkylation sites (N-methyl/N-ethyl adjacent to an activating group) is 1. The third-order valence-corrected chi connectivity index (χ3v) is 2.38. The molecule has 1 N–H and O–H groups in total. The van der Waals surface area contributed by atoms with Crippen LogP contribution in [0.2, 0.25) is 0 Å². The normalized spacial score (nSPS) is 10.6. The van der Waals surface area contributed by atoms with Crippen molar-refractivity contribution >= 4 is 5.82 Å². The summed E-state index contributed by atoms with van der Waals surface area (Å²) < 4.78 is 0. The molecule has 1 rings (SSSR count). The first-order valence-corrected chi connectivity index (χ1v) is 6.04. The summed E-state index contributed by atoms with van der Waals surface area (Å²) in [5, 5.41) is 3.37. The van der Waals surface area contributed by atoms with Crippen LogP contribution in [0.5, 0.6) is 0 Å². The third-order valence-electron chi connectivity index (χ3n) is 2.38. The van der Waals surface area contributed by atoms with Gasteiger partial charge in [-0.3, -0.25) is 0 Å². The number of pyridine rings is 1. The molecule has 0 aliphatic rings. The van der Waals surface area contributed by atoms with Crippen molar-refractivity contribution in [3.05, 3.63) is 36.0 Å². The molecule has 0 fully saturated rings. The SMILES string of the molecule is C=C(C)CN(C)c1cccc(CNC(C)C)n1. The molecule has 1 aromatic rings. The molecule has 0 bridgehead atoms. The fourth-order valence-corrected chi connectivity index (χ4v) is 1.57. The monoisotopic (exact) mass is 233 g/mol. The molecule has 0 amide bonds. The molecule has 3 heteroatoms. The van der Waals surface area contributed by atoms with E-state index in [9.17, 15) is 0 Å². The van der Waals surface area contributed by atoms with Gasteiger partial charge in [-0.05, 0) is 19.1 Å². The molecule has 0 atom stereocenters. The molecule has 0 saturated carbocycles. The van der Waals surface area contributed by atoms with E-state index in [1.165, 1.54) is 0 Å². The van der Waals surface area contributed by atoms with Crippen molar-refractivity contribution in [3.63, 3.8) is 0 Å². The highest BCUT2D eigenvalue weighted by Crippen LogP contribution is 2.11. The summed E-state index contributed by atoms with van der Waals surface area (Å²) in [6, 6.07) is 6.61. The predicted molar refractivity (Wildman–Crippen MR) is 74.3 cm³/mol. The van der Waals surface area contributed by atoms with E-state index in [0.717, 1.165) is 30.2 Å². The van der Waals surface area contributed by atoms with Crippen LogP contribution in [-0.2, 0) is 6.54 Å². The molecular formula is C14H23N3. The van der Waals surface area contributed by atoms with Crippen molar-refractivity contribution in [2.45, 2.75) is 33.4 Å². The van der Waals surface area contributed by atoms with Crippen LogP contribution in [-0.4, -0.2) is 24.6 Å². The first-order chi connectivity index (χ1) is 7.99. The number of hydrogen-bond acceptors (Lipinski definition) is 3. The van der Waals surface area contributed by atoms with E-state index in [-0.39, 0.29) is 0 Å². The molecule has 0 radical (unpaired) electrons. The van der Waals surface area contributed by atoms with Crippen LogP contribution < -0.4 is 10.2 Å². The van der Waals surface area contributed by atoms with E-state index in [2.05, 4.69) is 41.7 Å². The minimum absolute atomic E-state index is 0.480. The molecule has 17 heavy (non-hydrogen) atoms. The molecule has 0 saturated heterocycles. The Morgan fingerprint density at radius 3 is 2.76 bits per heavy atom. The number of hydrogen-bond donors (Lipinski definition) is 1. The van der Waals surface area contributed by atoms with Gasteiger partial charge in [0.15, 0.2) is 0 Å². The molecule has 1 heterocycles. The second kappa shape index (κ2) is 6.40. The Morgan fingerprint density at radius 2 is 2.18 bits per heavy atom. The minimum atomic E-state index is 0.480. The highest BCUT2D eigenvalue weighted by atomic mass is 15.2. The third kappa shape index (κ3) is 5.00. The van der Waals surface area contributed by atoms with E-state index >= 15 is 0 Å². The molecule has 0 aromatic carbocycles. The van der Waals surface area contributed by atoms with Gasteiger partial charge in [-0.25, -0.2) is 4.98 Å². The molecule has 94 valence electrons. The summed E-state index contributed by atoms with van der Waals surface area (Å²) in [6.45, 7) is 11.9. The number of rotatable bonds is 6. The van der Waals surface area contributed by atoms with Gasteiger partial charge in [-0.2, -0.15) is 0 Å². The first-order valence-electron chi connectivity index (χ1n) is 6.04. The zero-order valence-electron chi connectivity index (χ0n) is 11.3. The fourth-order valence-electron chi connectivity index (χ4n) is 1.57. The van der Waals surface area contributed by atoms with E-state index < -0.39 is 0 Å². The smallest absolute Gasteiger partial charge is 0.128 e. The Kier molecular flexibility index (Phi) is 5.16. The van der Waals surface area contributed by atoms with Gasteiger partial charge in [0.05, 0.1) is 5.69 Å². The average Bonchev–Trinajstić information content (AvgIpc) is 2.26. The van der Waals surface area contributed by atoms with Crippen molar-refractivity contribution in [3.8, 4) is 0 Å². The van der Waals surface area contributed by atoms with Gasteiger partial charge in [0.25, 0.3) is 0 Å². The van der Waals surface area contributed by atoms with Crippen LogP contribution in [0.25, 0.3) is 0 Å². The van der Waals surface area contributed by atoms with E-state index in [4.69, 9.17) is 0 Å². The molecule has 0 unspecified atom stereocenters. The Hall–Kier alpha value is -1.35. The van der Waals surface area contributed by atoms with Crippen molar-refractivity contribution in [1.29, 1.82) is 0 Å². The number of aromatic nitrogens is 1. The predicted octanol–water partition coefficient (Wildman–Crippen LogP) is 2.59. The van der Waals surface area contributed by atoms with E-state index in [0.29, 0.717) is 6.04 Å². The highest BCUT2D eigenvalue weighted by molar-refractivity contribution is 5.39. The summed E-state index contributed by atoms with van der Waals surface area (Å²) in [6.07, 6.45) is 0. The van der Waals surface area contributed by atoms with Gasteiger partial charge in [-0.15, -0.1) is 0 Å². The summed E-state index contributed by atoms with van der Waals surface area (Å²) in [4.78, 5) is 6.73. The lowest BCUT2D eigenvalue weighted by atomic mass is 10.3. The lowest BCUT2D eigenvalue weighted by Gasteiger charge is -2.19. The second-order valence-corrected chi connectivity index (χ2v) is 4.84. The van der Waals surface area contributed by atoms with E-state index in [1.807, 2.05) is 26.1 Å². The summed E-state index contributed by atoms with van der Waals surface area (Å²) in [5.41, 5.74) is 2.21. The fraction of sp³-hybridized carbons (Fsp3) is 0.500. The molecule has 0 spiro atoms.